The molecule has 22 heavy (non-hydrogen) atoms. The van der Waals surface area contributed by atoms with Crippen molar-refractivity contribution in [3.05, 3.63) is 35.4 Å². The van der Waals surface area contributed by atoms with Crippen LogP contribution >= 0.6 is 0 Å². The quantitative estimate of drug-likeness (QED) is 0.687. The van der Waals surface area contributed by atoms with Crippen molar-refractivity contribution in [2.75, 3.05) is 0 Å². The van der Waals surface area contributed by atoms with Crippen LogP contribution in [-0.4, -0.2) is 28.8 Å². The maximum absolute atomic E-state index is 12.0. The normalized spacial score (nSPS) is 11.7. The van der Waals surface area contributed by atoms with Crippen LogP contribution < -0.4 is 5.32 Å². The minimum atomic E-state index is -1.10. The second-order valence-corrected chi connectivity index (χ2v) is 5.35. The number of carboxylic acid groups (broad SMARTS) is 1. The number of carbonyl (C=O) groups excluding carboxylic acids is 2. The molecule has 0 radical (unpaired) electrons. The van der Waals surface area contributed by atoms with Gasteiger partial charge in [0.25, 0.3) is 0 Å². The molecular weight excluding hydrogens is 282 g/mol. The van der Waals surface area contributed by atoms with Gasteiger partial charge >= 0.3 is 5.97 Å². The Morgan fingerprint density at radius 3 is 2.32 bits per heavy atom. The molecule has 0 spiro atoms. The molecule has 0 heterocycles. The molecule has 0 aromatic heterocycles. The van der Waals surface area contributed by atoms with E-state index >= 15 is 0 Å². The Bertz CT molecular complexity index is 522. The zero-order chi connectivity index (χ0) is 16.5. The summed E-state index contributed by atoms with van der Waals surface area (Å²) in [5, 5.41) is 11.0. The number of aliphatic carboxylic acids is 1. The third-order valence-corrected chi connectivity index (χ3v) is 3.42. The molecule has 120 valence electrons. The molecule has 5 heteroatoms. The predicted molar refractivity (Wildman–Crippen MR) is 83.9 cm³/mol. The SMILES string of the molecule is CCCCc1ccc(C(=O)CCC(=O)NC(C)C(=O)O)cc1. The van der Waals surface area contributed by atoms with E-state index in [-0.39, 0.29) is 18.6 Å². The molecule has 1 aromatic carbocycles. The molecule has 0 saturated heterocycles. The summed E-state index contributed by atoms with van der Waals surface area (Å²) in [5.74, 6) is -1.63. The Labute approximate surface area is 130 Å². The van der Waals surface area contributed by atoms with Crippen molar-refractivity contribution in [3.8, 4) is 0 Å². The minimum absolute atomic E-state index is 0.00591. The minimum Gasteiger partial charge on any atom is -0.480 e. The predicted octanol–water partition coefficient (Wildman–Crippen LogP) is 2.58. The summed E-state index contributed by atoms with van der Waals surface area (Å²) in [6, 6.07) is 6.50. The molecule has 1 aromatic rings. The Morgan fingerprint density at radius 2 is 1.77 bits per heavy atom. The molecule has 1 atom stereocenters. The molecule has 1 rings (SSSR count). The lowest BCUT2D eigenvalue weighted by molar-refractivity contribution is -0.141. The summed E-state index contributed by atoms with van der Waals surface area (Å²) < 4.78 is 0. The van der Waals surface area contributed by atoms with Crippen LogP contribution in [0, 0.1) is 0 Å². The van der Waals surface area contributed by atoms with Crippen LogP contribution in [0.25, 0.3) is 0 Å². The second kappa shape index (κ2) is 8.97. The number of Topliss-reactive ketones (excluding diaryl/α,β-unsaturated/α-hetero) is 1. The zero-order valence-electron chi connectivity index (χ0n) is 13.1. The fourth-order valence-electron chi connectivity index (χ4n) is 1.98. The van der Waals surface area contributed by atoms with E-state index < -0.39 is 17.9 Å². The smallest absolute Gasteiger partial charge is 0.325 e. The van der Waals surface area contributed by atoms with E-state index in [9.17, 15) is 14.4 Å². The number of ketones is 1. The van der Waals surface area contributed by atoms with Crippen LogP contribution in [-0.2, 0) is 16.0 Å². The van der Waals surface area contributed by atoms with Crippen LogP contribution in [0.15, 0.2) is 24.3 Å². The van der Waals surface area contributed by atoms with Crippen LogP contribution in [0.2, 0.25) is 0 Å². The highest BCUT2D eigenvalue weighted by Crippen LogP contribution is 2.10. The van der Waals surface area contributed by atoms with Crippen molar-refractivity contribution in [1.29, 1.82) is 0 Å². The van der Waals surface area contributed by atoms with Crippen molar-refractivity contribution in [3.63, 3.8) is 0 Å². The van der Waals surface area contributed by atoms with E-state index in [4.69, 9.17) is 5.11 Å². The maximum Gasteiger partial charge on any atom is 0.325 e. The lowest BCUT2D eigenvalue weighted by Crippen LogP contribution is -2.38. The first-order valence-electron chi connectivity index (χ1n) is 7.58. The number of carboxylic acids is 1. The number of hydrogen-bond donors (Lipinski definition) is 2. The number of rotatable bonds is 9. The van der Waals surface area contributed by atoms with E-state index in [1.165, 1.54) is 12.5 Å². The van der Waals surface area contributed by atoms with Gasteiger partial charge in [-0.05, 0) is 25.3 Å². The summed E-state index contributed by atoms with van der Waals surface area (Å²) in [4.78, 5) is 34.2. The summed E-state index contributed by atoms with van der Waals surface area (Å²) >= 11 is 0. The maximum atomic E-state index is 12.0. The van der Waals surface area contributed by atoms with Gasteiger partial charge in [0, 0.05) is 18.4 Å². The number of aryl methyl sites for hydroxylation is 1. The van der Waals surface area contributed by atoms with E-state index in [2.05, 4.69) is 12.2 Å². The van der Waals surface area contributed by atoms with Crippen molar-refractivity contribution in [2.45, 2.75) is 52.0 Å². The van der Waals surface area contributed by atoms with Gasteiger partial charge in [-0.25, -0.2) is 0 Å². The van der Waals surface area contributed by atoms with E-state index in [0.717, 1.165) is 19.3 Å². The average Bonchev–Trinajstić information content (AvgIpc) is 2.50. The van der Waals surface area contributed by atoms with Gasteiger partial charge in [-0.15, -0.1) is 0 Å². The van der Waals surface area contributed by atoms with Gasteiger partial charge in [-0.2, -0.15) is 0 Å². The summed E-state index contributed by atoms with van der Waals surface area (Å²) in [7, 11) is 0. The zero-order valence-corrected chi connectivity index (χ0v) is 13.1. The standard InChI is InChI=1S/C17H23NO4/c1-3-4-5-13-6-8-14(9-7-13)15(19)10-11-16(20)18-12(2)17(21)22/h6-9,12H,3-5,10-11H2,1-2H3,(H,18,20)(H,21,22). The number of carbonyl (C=O) groups is 3. The fraction of sp³-hybridized carbons (Fsp3) is 0.471. The molecule has 1 amide bonds. The highest BCUT2D eigenvalue weighted by Gasteiger charge is 2.15. The third-order valence-electron chi connectivity index (χ3n) is 3.42. The molecule has 5 nitrogen and oxygen atoms in total. The van der Waals surface area contributed by atoms with Gasteiger partial charge in [-0.3, -0.25) is 14.4 Å². The Balaban J connectivity index is 2.45. The molecule has 0 fully saturated rings. The lowest BCUT2D eigenvalue weighted by atomic mass is 10.0. The van der Waals surface area contributed by atoms with Crippen molar-refractivity contribution < 1.29 is 19.5 Å². The van der Waals surface area contributed by atoms with Crippen LogP contribution in [0.3, 0.4) is 0 Å². The molecule has 2 N–H and O–H groups in total. The first kappa shape index (κ1) is 17.9. The van der Waals surface area contributed by atoms with Gasteiger partial charge in [0.05, 0.1) is 0 Å². The Hall–Kier alpha value is -2.17. The Morgan fingerprint density at radius 1 is 1.14 bits per heavy atom. The van der Waals surface area contributed by atoms with Crippen molar-refractivity contribution >= 4 is 17.7 Å². The molecule has 0 aliphatic rings. The number of nitrogens with one attached hydrogen (secondary N) is 1. The van der Waals surface area contributed by atoms with Crippen molar-refractivity contribution in [2.24, 2.45) is 0 Å². The van der Waals surface area contributed by atoms with E-state index in [0.29, 0.717) is 5.56 Å². The van der Waals surface area contributed by atoms with Gasteiger partial charge in [0.2, 0.25) is 5.91 Å². The average molecular weight is 305 g/mol. The van der Waals surface area contributed by atoms with E-state index in [1.807, 2.05) is 12.1 Å². The monoisotopic (exact) mass is 305 g/mol. The summed E-state index contributed by atoms with van der Waals surface area (Å²) in [6.45, 7) is 3.52. The number of benzene rings is 1. The lowest BCUT2D eigenvalue weighted by Gasteiger charge is -2.09. The molecular formula is C17H23NO4. The van der Waals surface area contributed by atoms with Crippen LogP contribution in [0.1, 0.15) is 55.5 Å². The summed E-state index contributed by atoms with van der Waals surface area (Å²) in [5.41, 5.74) is 1.78. The van der Waals surface area contributed by atoms with Gasteiger partial charge in [0.1, 0.15) is 6.04 Å². The number of amides is 1. The van der Waals surface area contributed by atoms with Crippen LogP contribution in [0.4, 0.5) is 0 Å². The second-order valence-electron chi connectivity index (χ2n) is 5.35. The highest BCUT2D eigenvalue weighted by molar-refractivity contribution is 5.98. The Kier molecular flexibility index (Phi) is 7.29. The molecule has 0 aliphatic carbocycles. The number of unbranched alkanes of at least 4 members (excludes halogenated alkanes) is 1. The van der Waals surface area contributed by atoms with E-state index in [1.54, 1.807) is 12.1 Å². The highest BCUT2D eigenvalue weighted by atomic mass is 16.4. The van der Waals surface area contributed by atoms with Crippen molar-refractivity contribution in [1.82, 2.24) is 5.32 Å². The molecule has 0 saturated carbocycles. The largest absolute Gasteiger partial charge is 0.480 e. The summed E-state index contributed by atoms with van der Waals surface area (Å²) in [6.07, 6.45) is 3.32. The van der Waals surface area contributed by atoms with Gasteiger partial charge in [-0.1, -0.05) is 37.6 Å². The first-order valence-corrected chi connectivity index (χ1v) is 7.58. The van der Waals surface area contributed by atoms with Gasteiger partial charge in [0.15, 0.2) is 5.78 Å². The fourth-order valence-corrected chi connectivity index (χ4v) is 1.98. The topological polar surface area (TPSA) is 83.5 Å². The van der Waals surface area contributed by atoms with Gasteiger partial charge < -0.3 is 10.4 Å². The van der Waals surface area contributed by atoms with Crippen LogP contribution in [0.5, 0.6) is 0 Å². The molecule has 0 bridgehead atoms. The third kappa shape index (κ3) is 6.08. The number of hydrogen-bond acceptors (Lipinski definition) is 3. The first-order chi connectivity index (χ1) is 10.4. The molecule has 1 unspecified atom stereocenters. The molecule has 0 aliphatic heterocycles.